The van der Waals surface area contributed by atoms with Gasteiger partial charge in [-0.2, -0.15) is 0 Å². The molecule has 0 radical (unpaired) electrons. The highest BCUT2D eigenvalue weighted by atomic mass is 35.5. The minimum atomic E-state index is -1.05. The van der Waals surface area contributed by atoms with Crippen LogP contribution in [0.4, 0.5) is 0 Å². The fourth-order valence-electron chi connectivity index (χ4n) is 1.78. The van der Waals surface area contributed by atoms with Gasteiger partial charge in [-0.15, -0.1) is 0 Å². The minimum Gasteiger partial charge on any atom is -0.478 e. The number of nitrogens with one attached hydrogen (secondary N) is 1. The van der Waals surface area contributed by atoms with Crippen LogP contribution < -0.4 is 5.56 Å². The Labute approximate surface area is 130 Å². The first kappa shape index (κ1) is 15.6. The van der Waals surface area contributed by atoms with E-state index in [0.717, 1.165) is 18.2 Å². The molecule has 1 aromatic heterocycles. The highest BCUT2D eigenvalue weighted by molar-refractivity contribution is 7.99. The van der Waals surface area contributed by atoms with E-state index in [9.17, 15) is 14.7 Å². The van der Waals surface area contributed by atoms with Crippen LogP contribution in [0.1, 0.15) is 29.4 Å². The summed E-state index contributed by atoms with van der Waals surface area (Å²) in [5.41, 5.74) is 0.547. The van der Waals surface area contributed by atoms with Gasteiger partial charge >= 0.3 is 5.97 Å². The van der Waals surface area contributed by atoms with Crippen molar-refractivity contribution in [2.45, 2.75) is 29.8 Å². The maximum absolute atomic E-state index is 11.6. The number of carboxylic acids is 1. The largest absolute Gasteiger partial charge is 0.478 e. The summed E-state index contributed by atoms with van der Waals surface area (Å²) in [6, 6.07) is 5.94. The van der Waals surface area contributed by atoms with E-state index >= 15 is 0 Å². The second kappa shape index (κ2) is 6.78. The fourth-order valence-corrected chi connectivity index (χ4v) is 2.99. The third-order valence-electron chi connectivity index (χ3n) is 2.66. The number of H-pyrrole nitrogens is 1. The summed E-state index contributed by atoms with van der Waals surface area (Å²) in [6.07, 6.45) is 1.57. The van der Waals surface area contributed by atoms with E-state index in [4.69, 9.17) is 11.6 Å². The van der Waals surface area contributed by atoms with Gasteiger partial charge in [0.2, 0.25) is 0 Å². The molecule has 2 N–H and O–H groups in total. The zero-order chi connectivity index (χ0) is 15.4. The molecule has 2 aromatic rings. The highest BCUT2D eigenvalue weighted by Gasteiger charge is 2.13. The lowest BCUT2D eigenvalue weighted by Gasteiger charge is -2.07. The molecule has 0 unspecified atom stereocenters. The van der Waals surface area contributed by atoms with Gasteiger partial charge in [0, 0.05) is 21.7 Å². The van der Waals surface area contributed by atoms with E-state index in [-0.39, 0.29) is 11.1 Å². The first-order valence-electron chi connectivity index (χ1n) is 6.30. The van der Waals surface area contributed by atoms with Crippen LogP contribution in [0.2, 0.25) is 5.02 Å². The Kier molecular flexibility index (Phi) is 5.03. The van der Waals surface area contributed by atoms with Gasteiger partial charge in [0.05, 0.1) is 5.56 Å². The third-order valence-corrected chi connectivity index (χ3v) is 3.84. The molecule has 21 heavy (non-hydrogen) atoms. The molecule has 0 saturated heterocycles. The number of halogens is 1. The van der Waals surface area contributed by atoms with Crippen LogP contribution in [-0.2, 0) is 6.42 Å². The van der Waals surface area contributed by atoms with E-state index in [0.29, 0.717) is 27.2 Å². The van der Waals surface area contributed by atoms with Crippen LogP contribution in [-0.4, -0.2) is 21.0 Å². The number of aromatic carboxylic acids is 1. The lowest BCUT2D eigenvalue weighted by atomic mass is 10.2. The van der Waals surface area contributed by atoms with E-state index in [1.54, 1.807) is 6.07 Å². The average molecular weight is 325 g/mol. The summed E-state index contributed by atoms with van der Waals surface area (Å²) in [5, 5.41) is 9.96. The Morgan fingerprint density at radius 3 is 2.86 bits per heavy atom. The SMILES string of the molecule is CCCc1cc(=O)[nH]c(Sc2cc(Cl)ccc2C(=O)O)n1. The van der Waals surface area contributed by atoms with Gasteiger partial charge in [-0.1, -0.05) is 36.7 Å². The molecule has 0 aliphatic rings. The molecule has 0 bridgehead atoms. The number of benzene rings is 1. The second-order valence-corrected chi connectivity index (χ2v) is 5.81. The van der Waals surface area contributed by atoms with Gasteiger partial charge in [0.15, 0.2) is 5.16 Å². The monoisotopic (exact) mass is 324 g/mol. The van der Waals surface area contributed by atoms with Crippen molar-refractivity contribution in [2.24, 2.45) is 0 Å². The van der Waals surface area contributed by atoms with Crippen LogP contribution in [0.15, 0.2) is 39.1 Å². The predicted octanol–water partition coefficient (Wildman–Crippen LogP) is 3.23. The summed E-state index contributed by atoms with van der Waals surface area (Å²) >= 11 is 6.98. The quantitative estimate of drug-likeness (QED) is 0.825. The molecule has 110 valence electrons. The zero-order valence-corrected chi connectivity index (χ0v) is 12.8. The normalized spacial score (nSPS) is 10.6. The van der Waals surface area contributed by atoms with Crippen LogP contribution in [0, 0.1) is 0 Å². The van der Waals surface area contributed by atoms with Crippen LogP contribution in [0.5, 0.6) is 0 Å². The van der Waals surface area contributed by atoms with Crippen LogP contribution >= 0.6 is 23.4 Å². The lowest BCUT2D eigenvalue weighted by molar-refractivity contribution is 0.0693. The topological polar surface area (TPSA) is 83.0 Å². The number of carboxylic acid groups (broad SMARTS) is 1. The van der Waals surface area contributed by atoms with Crippen molar-refractivity contribution in [3.8, 4) is 0 Å². The van der Waals surface area contributed by atoms with Crippen molar-refractivity contribution >= 4 is 29.3 Å². The number of aryl methyl sites for hydroxylation is 1. The number of rotatable bonds is 5. The molecule has 5 nitrogen and oxygen atoms in total. The summed E-state index contributed by atoms with van der Waals surface area (Å²) in [4.78, 5) is 30.2. The van der Waals surface area contributed by atoms with Crippen molar-refractivity contribution < 1.29 is 9.90 Å². The minimum absolute atomic E-state index is 0.118. The Hall–Kier alpha value is -1.79. The number of hydrogen-bond acceptors (Lipinski definition) is 4. The van der Waals surface area contributed by atoms with Gasteiger partial charge in [-0.05, 0) is 24.6 Å². The summed E-state index contributed by atoms with van der Waals surface area (Å²) in [5.74, 6) is -1.05. The Balaban J connectivity index is 2.40. The van der Waals surface area contributed by atoms with E-state index in [1.165, 1.54) is 18.2 Å². The molecule has 0 saturated carbocycles. The smallest absolute Gasteiger partial charge is 0.336 e. The Bertz CT molecular complexity index is 730. The van der Waals surface area contributed by atoms with Crippen molar-refractivity contribution in [2.75, 3.05) is 0 Å². The molecule has 1 heterocycles. The first-order valence-corrected chi connectivity index (χ1v) is 7.50. The standard InChI is InChI=1S/C14H13ClN2O3S/c1-2-3-9-7-12(18)17-14(16-9)21-11-6-8(15)4-5-10(11)13(19)20/h4-7H,2-3H2,1H3,(H,19,20)(H,16,17,18). The van der Waals surface area contributed by atoms with Crippen LogP contribution in [0.25, 0.3) is 0 Å². The molecule has 0 spiro atoms. The molecular weight excluding hydrogens is 312 g/mol. The van der Waals surface area contributed by atoms with E-state index < -0.39 is 5.97 Å². The number of carbonyl (C=O) groups is 1. The Morgan fingerprint density at radius 2 is 2.19 bits per heavy atom. The zero-order valence-electron chi connectivity index (χ0n) is 11.2. The van der Waals surface area contributed by atoms with Gasteiger partial charge in [0.25, 0.3) is 5.56 Å². The second-order valence-electron chi connectivity index (χ2n) is 4.34. The summed E-state index contributed by atoms with van der Waals surface area (Å²) in [6.45, 7) is 2.00. The molecule has 0 aliphatic carbocycles. The highest BCUT2D eigenvalue weighted by Crippen LogP contribution is 2.30. The van der Waals surface area contributed by atoms with Crippen molar-refractivity contribution in [1.29, 1.82) is 0 Å². The molecule has 0 atom stereocenters. The van der Waals surface area contributed by atoms with Gasteiger partial charge < -0.3 is 10.1 Å². The Morgan fingerprint density at radius 1 is 1.43 bits per heavy atom. The van der Waals surface area contributed by atoms with E-state index in [2.05, 4.69) is 9.97 Å². The summed E-state index contributed by atoms with van der Waals surface area (Å²) in [7, 11) is 0. The molecule has 0 amide bonds. The average Bonchev–Trinajstić information content (AvgIpc) is 2.38. The third kappa shape index (κ3) is 4.09. The molecule has 1 aromatic carbocycles. The fraction of sp³-hybridized carbons (Fsp3) is 0.214. The number of nitrogens with zero attached hydrogens (tertiary/aromatic N) is 1. The van der Waals surface area contributed by atoms with Crippen molar-refractivity contribution in [3.63, 3.8) is 0 Å². The maximum atomic E-state index is 11.6. The van der Waals surface area contributed by atoms with Crippen molar-refractivity contribution in [1.82, 2.24) is 9.97 Å². The number of aromatic amines is 1. The first-order chi connectivity index (χ1) is 9.99. The van der Waals surface area contributed by atoms with Gasteiger partial charge in [0.1, 0.15) is 0 Å². The summed E-state index contributed by atoms with van der Waals surface area (Å²) < 4.78 is 0. The number of aromatic nitrogens is 2. The van der Waals surface area contributed by atoms with Gasteiger partial charge in [-0.25, -0.2) is 9.78 Å². The molecule has 2 rings (SSSR count). The van der Waals surface area contributed by atoms with E-state index in [1.807, 2.05) is 6.92 Å². The predicted molar refractivity (Wildman–Crippen MR) is 81.4 cm³/mol. The van der Waals surface area contributed by atoms with Crippen molar-refractivity contribution in [3.05, 3.63) is 50.9 Å². The molecule has 7 heteroatoms. The van der Waals surface area contributed by atoms with Gasteiger partial charge in [-0.3, -0.25) is 4.79 Å². The molecule has 0 fully saturated rings. The lowest BCUT2D eigenvalue weighted by Crippen LogP contribution is -2.10. The van der Waals surface area contributed by atoms with Crippen LogP contribution in [0.3, 0.4) is 0 Å². The molecular formula is C14H13ClN2O3S. The number of hydrogen-bond donors (Lipinski definition) is 2. The maximum Gasteiger partial charge on any atom is 0.336 e. The molecule has 0 aliphatic heterocycles.